The van der Waals surface area contributed by atoms with Crippen LogP contribution in [-0.4, -0.2) is 29.3 Å². The van der Waals surface area contributed by atoms with Gasteiger partial charge in [-0.25, -0.2) is 4.39 Å². The molecule has 1 aromatic rings. The zero-order chi connectivity index (χ0) is 14.3. The second-order valence-corrected chi connectivity index (χ2v) is 6.01. The van der Waals surface area contributed by atoms with Crippen LogP contribution in [0.25, 0.3) is 0 Å². The zero-order valence-corrected chi connectivity index (χ0v) is 12.4. The summed E-state index contributed by atoms with van der Waals surface area (Å²) in [4.78, 5) is 25.2. The van der Waals surface area contributed by atoms with Gasteiger partial charge in [0.2, 0.25) is 11.8 Å². The van der Waals surface area contributed by atoms with E-state index in [1.807, 2.05) is 0 Å². The molecule has 0 bridgehead atoms. The molecule has 1 aromatic carbocycles. The van der Waals surface area contributed by atoms with Gasteiger partial charge in [-0.2, -0.15) is 0 Å². The molecule has 6 heteroatoms. The van der Waals surface area contributed by atoms with Gasteiger partial charge in [0.05, 0.1) is 0 Å². The number of amides is 2. The van der Waals surface area contributed by atoms with Crippen LogP contribution in [0.5, 0.6) is 0 Å². The van der Waals surface area contributed by atoms with Gasteiger partial charge in [0.1, 0.15) is 11.9 Å². The Morgan fingerprint density at radius 1 is 1.35 bits per heavy atom. The van der Waals surface area contributed by atoms with Gasteiger partial charge < -0.3 is 10.2 Å². The topological polar surface area (TPSA) is 49.4 Å². The fraction of sp³-hybridized carbons (Fsp3) is 0.429. The van der Waals surface area contributed by atoms with Crippen molar-refractivity contribution in [2.45, 2.75) is 31.8 Å². The fourth-order valence-corrected chi connectivity index (χ4v) is 3.37. The van der Waals surface area contributed by atoms with Crippen molar-refractivity contribution >= 4 is 27.7 Å². The largest absolute Gasteiger partial charge is 0.344 e. The monoisotopic (exact) mass is 340 g/mol. The maximum atomic E-state index is 13.9. The first-order chi connectivity index (χ1) is 9.56. The first-order valence-corrected chi connectivity index (χ1v) is 7.39. The average Bonchev–Trinajstić information content (AvgIpc) is 2.88. The van der Waals surface area contributed by atoms with Crippen molar-refractivity contribution in [3.8, 4) is 0 Å². The Labute approximate surface area is 124 Å². The van der Waals surface area contributed by atoms with Crippen LogP contribution in [0, 0.1) is 5.82 Å². The molecule has 20 heavy (non-hydrogen) atoms. The van der Waals surface area contributed by atoms with E-state index in [1.165, 1.54) is 6.07 Å². The van der Waals surface area contributed by atoms with Crippen molar-refractivity contribution in [3.63, 3.8) is 0 Å². The van der Waals surface area contributed by atoms with Gasteiger partial charge in [-0.05, 0) is 30.5 Å². The normalized spacial score (nSPS) is 21.6. The molecule has 3 rings (SSSR count). The van der Waals surface area contributed by atoms with E-state index >= 15 is 0 Å². The van der Waals surface area contributed by atoms with Crippen LogP contribution in [0.2, 0.25) is 0 Å². The molecule has 1 fully saturated rings. The summed E-state index contributed by atoms with van der Waals surface area (Å²) in [6.45, 7) is 0.825. The number of benzene rings is 1. The number of nitrogens with one attached hydrogen (secondary N) is 1. The molecule has 1 atom stereocenters. The highest BCUT2D eigenvalue weighted by molar-refractivity contribution is 9.10. The SMILES string of the molecule is O=C1CC[C@H](C(=O)N2CCc3c(Br)ccc(F)c3C2)N1. The minimum Gasteiger partial charge on any atom is -0.344 e. The third-order valence-electron chi connectivity index (χ3n) is 3.90. The number of hydrogen-bond acceptors (Lipinski definition) is 2. The molecule has 106 valence electrons. The number of carbonyl (C=O) groups excluding carboxylic acids is 2. The molecule has 0 aromatic heterocycles. The molecule has 2 amide bonds. The standard InChI is InChI=1S/C14H14BrFN2O2/c15-10-1-2-11(16)9-7-18(6-5-8(9)10)14(20)12-3-4-13(19)17-12/h1-2,12H,3-7H2,(H,17,19)/t12-/m1/s1. The Morgan fingerprint density at radius 2 is 2.15 bits per heavy atom. The minimum atomic E-state index is -0.445. The van der Waals surface area contributed by atoms with Crippen LogP contribution >= 0.6 is 15.9 Å². The number of carbonyl (C=O) groups is 2. The molecule has 1 N–H and O–H groups in total. The van der Waals surface area contributed by atoms with Gasteiger partial charge in [-0.3, -0.25) is 9.59 Å². The zero-order valence-electron chi connectivity index (χ0n) is 10.8. The highest BCUT2D eigenvalue weighted by Gasteiger charge is 2.33. The first-order valence-electron chi connectivity index (χ1n) is 6.60. The summed E-state index contributed by atoms with van der Waals surface area (Å²) in [5.41, 5.74) is 1.51. The Balaban J connectivity index is 1.80. The Hall–Kier alpha value is -1.43. The van der Waals surface area contributed by atoms with E-state index in [1.54, 1.807) is 11.0 Å². The molecule has 0 aliphatic carbocycles. The molecule has 0 radical (unpaired) electrons. The van der Waals surface area contributed by atoms with Crippen LogP contribution in [-0.2, 0) is 22.6 Å². The van der Waals surface area contributed by atoms with Gasteiger partial charge in [-0.15, -0.1) is 0 Å². The van der Waals surface area contributed by atoms with E-state index in [2.05, 4.69) is 21.2 Å². The summed E-state index contributed by atoms with van der Waals surface area (Å²) in [6, 6.07) is 2.66. The van der Waals surface area contributed by atoms with E-state index in [0.29, 0.717) is 31.4 Å². The van der Waals surface area contributed by atoms with Crippen molar-refractivity contribution in [1.29, 1.82) is 0 Å². The predicted octanol–water partition coefficient (Wildman–Crippen LogP) is 1.75. The number of halogens is 2. The van der Waals surface area contributed by atoms with Crippen molar-refractivity contribution in [1.82, 2.24) is 10.2 Å². The van der Waals surface area contributed by atoms with E-state index in [0.717, 1.165) is 10.0 Å². The highest BCUT2D eigenvalue weighted by Crippen LogP contribution is 2.29. The molecule has 2 aliphatic rings. The smallest absolute Gasteiger partial charge is 0.245 e. The second kappa shape index (κ2) is 5.16. The lowest BCUT2D eigenvalue weighted by Gasteiger charge is -2.31. The Morgan fingerprint density at radius 3 is 2.85 bits per heavy atom. The van der Waals surface area contributed by atoms with Crippen molar-refractivity contribution in [2.24, 2.45) is 0 Å². The highest BCUT2D eigenvalue weighted by atomic mass is 79.9. The van der Waals surface area contributed by atoms with Gasteiger partial charge in [0, 0.05) is 29.5 Å². The van der Waals surface area contributed by atoms with Gasteiger partial charge in [0.15, 0.2) is 0 Å². The van der Waals surface area contributed by atoms with Gasteiger partial charge in [0.25, 0.3) is 0 Å². The Kier molecular flexibility index (Phi) is 3.50. The molecule has 1 saturated heterocycles. The Bertz CT molecular complexity index is 591. The summed E-state index contributed by atoms with van der Waals surface area (Å²) in [6.07, 6.45) is 1.54. The third-order valence-corrected chi connectivity index (χ3v) is 4.65. The molecule has 0 unspecified atom stereocenters. The van der Waals surface area contributed by atoms with Crippen LogP contribution in [0.3, 0.4) is 0 Å². The molecule has 2 heterocycles. The van der Waals surface area contributed by atoms with Crippen LogP contribution in [0.1, 0.15) is 24.0 Å². The first kappa shape index (κ1) is 13.5. The fourth-order valence-electron chi connectivity index (χ4n) is 2.80. The summed E-state index contributed by atoms with van der Waals surface area (Å²) in [5, 5.41) is 2.67. The molecular weight excluding hydrogens is 327 g/mol. The quantitative estimate of drug-likeness (QED) is 0.846. The van der Waals surface area contributed by atoms with E-state index in [9.17, 15) is 14.0 Å². The third kappa shape index (κ3) is 2.32. The number of nitrogens with zero attached hydrogens (tertiary/aromatic N) is 1. The summed E-state index contributed by atoms with van der Waals surface area (Å²) < 4.78 is 14.8. The lowest BCUT2D eigenvalue weighted by atomic mass is 9.98. The van der Waals surface area contributed by atoms with Crippen molar-refractivity contribution in [3.05, 3.63) is 33.5 Å². The summed E-state index contributed by atoms with van der Waals surface area (Å²) in [7, 11) is 0. The maximum absolute atomic E-state index is 13.9. The second-order valence-electron chi connectivity index (χ2n) is 5.15. The van der Waals surface area contributed by atoms with Gasteiger partial charge >= 0.3 is 0 Å². The predicted molar refractivity (Wildman–Crippen MR) is 74.4 cm³/mol. The van der Waals surface area contributed by atoms with Crippen LogP contribution < -0.4 is 5.32 Å². The minimum absolute atomic E-state index is 0.0883. The molecule has 0 saturated carbocycles. The molecule has 0 spiro atoms. The summed E-state index contributed by atoms with van der Waals surface area (Å²) >= 11 is 3.42. The van der Waals surface area contributed by atoms with Crippen LogP contribution in [0.4, 0.5) is 4.39 Å². The number of fused-ring (bicyclic) bond motifs is 1. The molecule has 2 aliphatic heterocycles. The van der Waals surface area contributed by atoms with Gasteiger partial charge in [-0.1, -0.05) is 15.9 Å². The van der Waals surface area contributed by atoms with Crippen molar-refractivity contribution < 1.29 is 14.0 Å². The number of hydrogen-bond donors (Lipinski definition) is 1. The lowest BCUT2D eigenvalue weighted by molar-refractivity contribution is -0.135. The summed E-state index contributed by atoms with van der Waals surface area (Å²) in [5.74, 6) is -0.480. The number of rotatable bonds is 1. The van der Waals surface area contributed by atoms with Crippen molar-refractivity contribution in [2.75, 3.05) is 6.54 Å². The molecule has 4 nitrogen and oxygen atoms in total. The van der Waals surface area contributed by atoms with E-state index in [4.69, 9.17) is 0 Å². The maximum Gasteiger partial charge on any atom is 0.245 e. The van der Waals surface area contributed by atoms with E-state index < -0.39 is 6.04 Å². The van der Waals surface area contributed by atoms with Crippen LogP contribution in [0.15, 0.2) is 16.6 Å². The molecular formula is C14H14BrFN2O2. The lowest BCUT2D eigenvalue weighted by Crippen LogP contribution is -2.46. The average molecular weight is 341 g/mol. The van der Waals surface area contributed by atoms with E-state index in [-0.39, 0.29) is 24.2 Å².